The maximum Gasteiger partial charge on any atom is 0.00106 e. The Kier molecular flexibility index (Phi) is 3.23. The molecule has 2 aliphatic rings. The first-order valence-corrected chi connectivity index (χ1v) is 5.83. The topological polar surface area (TPSA) is 6.48 Å². The molecule has 2 heteroatoms. The number of hydrogen-bond donors (Lipinski definition) is 0. The van der Waals surface area contributed by atoms with Crippen LogP contribution in [0.1, 0.15) is 26.2 Å². The van der Waals surface area contributed by atoms with Gasteiger partial charge in [-0.25, -0.2) is 0 Å². The van der Waals surface area contributed by atoms with Crippen LogP contribution in [0.25, 0.3) is 0 Å². The summed E-state index contributed by atoms with van der Waals surface area (Å²) >= 11 is 0. The molecule has 0 spiro atoms. The molecule has 2 fully saturated rings. The monoisotopic (exact) mass is 182 g/mol. The molecule has 2 saturated heterocycles. The standard InChI is InChI=1S/C11H22N2/c1-2-12-8-4-11(5-9-12)10-13-6-3-7-13/h11H,2-10H2,1H3. The van der Waals surface area contributed by atoms with E-state index in [4.69, 9.17) is 0 Å². The van der Waals surface area contributed by atoms with E-state index < -0.39 is 0 Å². The maximum absolute atomic E-state index is 2.62. The minimum absolute atomic E-state index is 1.00. The van der Waals surface area contributed by atoms with Gasteiger partial charge in [0.05, 0.1) is 0 Å². The lowest BCUT2D eigenvalue weighted by atomic mass is 9.95. The Balaban J connectivity index is 1.65. The fourth-order valence-corrected chi connectivity index (χ4v) is 2.41. The molecule has 0 N–H and O–H groups in total. The van der Waals surface area contributed by atoms with Crippen LogP contribution in [-0.2, 0) is 0 Å². The van der Waals surface area contributed by atoms with Crippen molar-refractivity contribution in [1.82, 2.24) is 9.80 Å². The van der Waals surface area contributed by atoms with Gasteiger partial charge in [-0.1, -0.05) is 6.92 Å². The molecule has 76 valence electrons. The number of likely N-dealkylation sites (tertiary alicyclic amines) is 2. The number of rotatable bonds is 3. The Labute approximate surface area is 81.9 Å². The molecule has 0 saturated carbocycles. The van der Waals surface area contributed by atoms with E-state index >= 15 is 0 Å². The van der Waals surface area contributed by atoms with Gasteiger partial charge in [-0.05, 0) is 57.9 Å². The Morgan fingerprint density at radius 3 is 2.15 bits per heavy atom. The summed E-state index contributed by atoms with van der Waals surface area (Å²) in [7, 11) is 0. The average Bonchev–Trinajstić information content (AvgIpc) is 2.12. The van der Waals surface area contributed by atoms with E-state index in [1.807, 2.05) is 0 Å². The number of hydrogen-bond acceptors (Lipinski definition) is 2. The molecular weight excluding hydrogens is 160 g/mol. The van der Waals surface area contributed by atoms with Crippen molar-refractivity contribution in [2.24, 2.45) is 5.92 Å². The molecule has 0 aliphatic carbocycles. The van der Waals surface area contributed by atoms with Gasteiger partial charge in [0.1, 0.15) is 0 Å². The summed E-state index contributed by atoms with van der Waals surface area (Å²) in [5.41, 5.74) is 0. The lowest BCUT2D eigenvalue weighted by Gasteiger charge is -2.37. The molecule has 2 nitrogen and oxygen atoms in total. The quantitative estimate of drug-likeness (QED) is 0.651. The van der Waals surface area contributed by atoms with E-state index in [-0.39, 0.29) is 0 Å². The smallest absolute Gasteiger partial charge is 0.00106 e. The van der Waals surface area contributed by atoms with Crippen LogP contribution in [0, 0.1) is 5.92 Å². The van der Waals surface area contributed by atoms with Gasteiger partial charge in [-0.3, -0.25) is 0 Å². The van der Waals surface area contributed by atoms with Crippen molar-refractivity contribution in [1.29, 1.82) is 0 Å². The van der Waals surface area contributed by atoms with Crippen LogP contribution in [0.3, 0.4) is 0 Å². The van der Waals surface area contributed by atoms with E-state index in [0.717, 1.165) is 5.92 Å². The lowest BCUT2D eigenvalue weighted by molar-refractivity contribution is 0.111. The molecule has 2 aliphatic heterocycles. The van der Waals surface area contributed by atoms with E-state index in [2.05, 4.69) is 16.7 Å². The molecule has 0 radical (unpaired) electrons. The van der Waals surface area contributed by atoms with E-state index in [1.165, 1.54) is 58.5 Å². The van der Waals surface area contributed by atoms with Gasteiger partial charge in [-0.2, -0.15) is 0 Å². The second-order valence-electron chi connectivity index (χ2n) is 4.53. The summed E-state index contributed by atoms with van der Waals surface area (Å²) in [6.45, 7) is 10.3. The van der Waals surface area contributed by atoms with Crippen molar-refractivity contribution in [3.63, 3.8) is 0 Å². The first-order chi connectivity index (χ1) is 6.38. The highest BCUT2D eigenvalue weighted by atomic mass is 15.2. The SMILES string of the molecule is CCN1CCC(CN2CCC2)CC1. The molecule has 2 rings (SSSR count). The second kappa shape index (κ2) is 4.43. The fraction of sp³-hybridized carbons (Fsp3) is 1.00. The van der Waals surface area contributed by atoms with Crippen molar-refractivity contribution in [2.75, 3.05) is 39.3 Å². The zero-order valence-electron chi connectivity index (χ0n) is 8.84. The zero-order chi connectivity index (χ0) is 9.10. The van der Waals surface area contributed by atoms with Crippen LogP contribution in [-0.4, -0.2) is 49.1 Å². The van der Waals surface area contributed by atoms with Gasteiger partial charge in [-0.15, -0.1) is 0 Å². The van der Waals surface area contributed by atoms with Crippen LogP contribution >= 0.6 is 0 Å². The first kappa shape index (κ1) is 9.47. The van der Waals surface area contributed by atoms with Crippen molar-refractivity contribution >= 4 is 0 Å². The molecule has 0 amide bonds. The predicted octanol–water partition coefficient (Wildman–Crippen LogP) is 1.42. The van der Waals surface area contributed by atoms with Gasteiger partial charge in [0.2, 0.25) is 0 Å². The Morgan fingerprint density at radius 1 is 1.00 bits per heavy atom. The highest BCUT2D eigenvalue weighted by Gasteiger charge is 2.22. The molecular formula is C11H22N2. The molecule has 0 bridgehead atoms. The van der Waals surface area contributed by atoms with Gasteiger partial charge in [0.25, 0.3) is 0 Å². The molecule has 2 heterocycles. The van der Waals surface area contributed by atoms with E-state index in [1.54, 1.807) is 0 Å². The third-order valence-electron chi connectivity index (χ3n) is 3.62. The third-order valence-corrected chi connectivity index (χ3v) is 3.62. The summed E-state index contributed by atoms with van der Waals surface area (Å²) in [5, 5.41) is 0. The van der Waals surface area contributed by atoms with Crippen molar-refractivity contribution in [3.8, 4) is 0 Å². The summed E-state index contributed by atoms with van der Waals surface area (Å²) in [4.78, 5) is 5.19. The molecule has 0 aromatic carbocycles. The summed E-state index contributed by atoms with van der Waals surface area (Å²) in [6, 6.07) is 0. The highest BCUT2D eigenvalue weighted by molar-refractivity contribution is 4.77. The minimum Gasteiger partial charge on any atom is -0.304 e. The van der Waals surface area contributed by atoms with Crippen LogP contribution in [0.5, 0.6) is 0 Å². The van der Waals surface area contributed by atoms with Crippen LogP contribution < -0.4 is 0 Å². The molecule has 0 atom stereocenters. The number of nitrogens with zero attached hydrogens (tertiary/aromatic N) is 2. The van der Waals surface area contributed by atoms with Crippen LogP contribution in [0.4, 0.5) is 0 Å². The Hall–Kier alpha value is -0.0800. The van der Waals surface area contributed by atoms with Crippen molar-refractivity contribution < 1.29 is 0 Å². The zero-order valence-corrected chi connectivity index (χ0v) is 8.84. The van der Waals surface area contributed by atoms with Gasteiger partial charge in [0.15, 0.2) is 0 Å². The average molecular weight is 182 g/mol. The van der Waals surface area contributed by atoms with E-state index in [9.17, 15) is 0 Å². The number of piperidine rings is 1. The third kappa shape index (κ3) is 2.44. The molecule has 13 heavy (non-hydrogen) atoms. The van der Waals surface area contributed by atoms with Gasteiger partial charge in [0, 0.05) is 6.54 Å². The van der Waals surface area contributed by atoms with Crippen molar-refractivity contribution in [3.05, 3.63) is 0 Å². The Morgan fingerprint density at radius 2 is 1.69 bits per heavy atom. The largest absolute Gasteiger partial charge is 0.304 e. The fourth-order valence-electron chi connectivity index (χ4n) is 2.41. The van der Waals surface area contributed by atoms with E-state index in [0.29, 0.717) is 0 Å². The minimum atomic E-state index is 1.00. The molecule has 0 unspecified atom stereocenters. The second-order valence-corrected chi connectivity index (χ2v) is 4.53. The molecule has 0 aromatic rings. The lowest BCUT2D eigenvalue weighted by Crippen LogP contribution is -2.43. The van der Waals surface area contributed by atoms with Gasteiger partial charge < -0.3 is 9.80 Å². The first-order valence-electron chi connectivity index (χ1n) is 5.83. The highest BCUT2D eigenvalue weighted by Crippen LogP contribution is 2.20. The normalized spacial score (nSPS) is 27.5. The van der Waals surface area contributed by atoms with Crippen molar-refractivity contribution in [2.45, 2.75) is 26.2 Å². The van der Waals surface area contributed by atoms with Crippen LogP contribution in [0.2, 0.25) is 0 Å². The molecule has 0 aromatic heterocycles. The Bertz CT molecular complexity index is 146. The van der Waals surface area contributed by atoms with Crippen LogP contribution in [0.15, 0.2) is 0 Å². The predicted molar refractivity (Wildman–Crippen MR) is 55.9 cm³/mol. The van der Waals surface area contributed by atoms with Gasteiger partial charge >= 0.3 is 0 Å². The maximum atomic E-state index is 2.62. The summed E-state index contributed by atoms with van der Waals surface area (Å²) < 4.78 is 0. The summed E-state index contributed by atoms with van der Waals surface area (Å²) in [6.07, 6.45) is 4.31. The summed E-state index contributed by atoms with van der Waals surface area (Å²) in [5.74, 6) is 1.00.